The monoisotopic (exact) mass is 143 g/mol. The van der Waals surface area contributed by atoms with E-state index in [4.69, 9.17) is 0 Å². The van der Waals surface area contributed by atoms with Crippen molar-refractivity contribution in [2.75, 3.05) is 0 Å². The van der Waals surface area contributed by atoms with Gasteiger partial charge in [-0.25, -0.2) is 0 Å². The van der Waals surface area contributed by atoms with E-state index in [0.29, 0.717) is 0 Å². The van der Waals surface area contributed by atoms with E-state index in [0.717, 1.165) is 0 Å². The highest BCUT2D eigenvalue weighted by molar-refractivity contribution is 6.08. The number of imide groups is 1. The molecule has 0 aromatic heterocycles. The summed E-state index contributed by atoms with van der Waals surface area (Å²) in [6, 6.07) is 0. The van der Waals surface area contributed by atoms with Gasteiger partial charge in [0.05, 0.1) is 5.92 Å². The van der Waals surface area contributed by atoms with Crippen LogP contribution in [-0.2, 0) is 9.59 Å². The topological polar surface area (TPSA) is 66.4 Å². The second kappa shape index (κ2) is 1.79. The predicted octanol–water partition coefficient (Wildman–Crippen LogP) is -0.970. The highest BCUT2D eigenvalue weighted by Crippen LogP contribution is 2.22. The number of hydrogen-bond acceptors (Lipinski definition) is 3. The molecule has 0 aromatic rings. The lowest BCUT2D eigenvalue weighted by atomic mass is 9.94. The summed E-state index contributed by atoms with van der Waals surface area (Å²) in [7, 11) is 0. The third-order valence-electron chi connectivity index (χ3n) is 1.93. The first-order chi connectivity index (χ1) is 4.46. The van der Waals surface area contributed by atoms with Crippen molar-refractivity contribution in [3.63, 3.8) is 0 Å². The van der Waals surface area contributed by atoms with Crippen LogP contribution in [0.2, 0.25) is 0 Å². The van der Waals surface area contributed by atoms with Crippen LogP contribution in [0.4, 0.5) is 0 Å². The molecule has 1 saturated heterocycles. The number of amides is 2. The van der Waals surface area contributed by atoms with Crippen molar-refractivity contribution in [2.24, 2.45) is 5.92 Å². The van der Waals surface area contributed by atoms with Crippen molar-refractivity contribution >= 4 is 11.8 Å². The molecule has 0 aliphatic carbocycles. The van der Waals surface area contributed by atoms with Crippen LogP contribution in [0.5, 0.6) is 0 Å². The fourth-order valence-corrected chi connectivity index (χ4v) is 0.799. The van der Waals surface area contributed by atoms with Crippen LogP contribution >= 0.6 is 0 Å². The average Bonchev–Trinajstić information content (AvgIpc) is 1.97. The molecule has 0 saturated carbocycles. The van der Waals surface area contributed by atoms with Crippen LogP contribution in [0.15, 0.2) is 0 Å². The second-order valence-corrected chi connectivity index (χ2v) is 2.69. The van der Waals surface area contributed by atoms with Crippen LogP contribution < -0.4 is 5.32 Å². The summed E-state index contributed by atoms with van der Waals surface area (Å²) in [5, 5.41) is 11.3. The Morgan fingerprint density at radius 2 is 2.10 bits per heavy atom. The van der Waals surface area contributed by atoms with Gasteiger partial charge in [-0.2, -0.15) is 0 Å². The molecule has 2 unspecified atom stereocenters. The fourth-order valence-electron chi connectivity index (χ4n) is 0.799. The van der Waals surface area contributed by atoms with Gasteiger partial charge in [0.1, 0.15) is 0 Å². The molecule has 0 radical (unpaired) electrons. The maximum Gasteiger partial charge on any atom is 0.259 e. The van der Waals surface area contributed by atoms with Gasteiger partial charge in [0.15, 0.2) is 5.60 Å². The minimum atomic E-state index is -1.52. The predicted molar refractivity (Wildman–Crippen MR) is 32.9 cm³/mol. The van der Waals surface area contributed by atoms with E-state index in [2.05, 4.69) is 0 Å². The summed E-state index contributed by atoms with van der Waals surface area (Å²) in [4.78, 5) is 21.4. The summed E-state index contributed by atoms with van der Waals surface area (Å²) in [5.74, 6) is -1.65. The average molecular weight is 143 g/mol. The number of hydrogen-bond donors (Lipinski definition) is 2. The fraction of sp³-hybridized carbons (Fsp3) is 0.667. The first-order valence-corrected chi connectivity index (χ1v) is 3.04. The molecule has 1 heterocycles. The molecule has 1 aliphatic heterocycles. The zero-order valence-electron chi connectivity index (χ0n) is 5.84. The largest absolute Gasteiger partial charge is 0.379 e. The molecule has 0 spiro atoms. The SMILES string of the molecule is CC1C(=O)NC(=O)C1(C)O. The molecule has 0 aromatic carbocycles. The van der Waals surface area contributed by atoms with Gasteiger partial charge in [0.2, 0.25) is 5.91 Å². The van der Waals surface area contributed by atoms with Gasteiger partial charge in [0, 0.05) is 0 Å². The minimum absolute atomic E-state index is 0.407. The van der Waals surface area contributed by atoms with Gasteiger partial charge >= 0.3 is 0 Å². The Bertz CT molecular complexity index is 197. The van der Waals surface area contributed by atoms with Crippen LogP contribution in [0.25, 0.3) is 0 Å². The van der Waals surface area contributed by atoms with Gasteiger partial charge in [-0.3, -0.25) is 14.9 Å². The van der Waals surface area contributed by atoms with Gasteiger partial charge in [0.25, 0.3) is 5.91 Å². The van der Waals surface area contributed by atoms with E-state index >= 15 is 0 Å². The quantitative estimate of drug-likeness (QED) is 0.429. The van der Waals surface area contributed by atoms with E-state index in [9.17, 15) is 14.7 Å². The summed E-state index contributed by atoms with van der Waals surface area (Å²) in [6.07, 6.45) is 0. The molecule has 2 amide bonds. The number of rotatable bonds is 0. The van der Waals surface area contributed by atoms with Gasteiger partial charge in [-0.1, -0.05) is 6.92 Å². The lowest BCUT2D eigenvalue weighted by molar-refractivity contribution is -0.135. The molecule has 4 nitrogen and oxygen atoms in total. The molecule has 0 bridgehead atoms. The normalized spacial score (nSPS) is 40.1. The molecule has 56 valence electrons. The van der Waals surface area contributed by atoms with E-state index in [1.54, 1.807) is 0 Å². The van der Waals surface area contributed by atoms with Crippen LogP contribution in [0.1, 0.15) is 13.8 Å². The molecule has 10 heavy (non-hydrogen) atoms. The van der Waals surface area contributed by atoms with Crippen molar-refractivity contribution in [3.05, 3.63) is 0 Å². The molecule has 1 rings (SSSR count). The smallest absolute Gasteiger partial charge is 0.259 e. The highest BCUT2D eigenvalue weighted by Gasteiger charge is 2.47. The third kappa shape index (κ3) is 0.724. The first kappa shape index (κ1) is 7.21. The summed E-state index contributed by atoms with van der Waals surface area (Å²) in [5.41, 5.74) is -1.52. The van der Waals surface area contributed by atoms with E-state index in [1.165, 1.54) is 13.8 Å². The van der Waals surface area contributed by atoms with Gasteiger partial charge in [-0.05, 0) is 6.92 Å². The summed E-state index contributed by atoms with van der Waals surface area (Å²) < 4.78 is 0. The van der Waals surface area contributed by atoms with Crippen molar-refractivity contribution in [3.8, 4) is 0 Å². The Morgan fingerprint density at radius 3 is 2.20 bits per heavy atom. The highest BCUT2D eigenvalue weighted by atomic mass is 16.3. The van der Waals surface area contributed by atoms with Crippen molar-refractivity contribution in [1.29, 1.82) is 0 Å². The standard InChI is InChI=1S/C6H9NO3/c1-3-4(8)7-5(9)6(3,2)10/h3,10H,1-2H3,(H,7,8,9). The molecule has 1 aliphatic rings. The van der Waals surface area contributed by atoms with Crippen molar-refractivity contribution in [2.45, 2.75) is 19.4 Å². The van der Waals surface area contributed by atoms with Crippen molar-refractivity contribution < 1.29 is 14.7 Å². The third-order valence-corrected chi connectivity index (χ3v) is 1.93. The number of aliphatic hydroxyl groups is 1. The Labute approximate surface area is 58.2 Å². The first-order valence-electron chi connectivity index (χ1n) is 3.04. The van der Waals surface area contributed by atoms with Crippen LogP contribution in [0, 0.1) is 5.92 Å². The van der Waals surface area contributed by atoms with E-state index in [1.807, 2.05) is 5.32 Å². The Morgan fingerprint density at radius 1 is 1.60 bits per heavy atom. The zero-order chi connectivity index (χ0) is 7.94. The van der Waals surface area contributed by atoms with Crippen molar-refractivity contribution in [1.82, 2.24) is 5.32 Å². The zero-order valence-corrected chi connectivity index (χ0v) is 5.84. The second-order valence-electron chi connectivity index (χ2n) is 2.69. The van der Waals surface area contributed by atoms with E-state index in [-0.39, 0.29) is 0 Å². The molecule has 1 fully saturated rings. The maximum atomic E-state index is 10.7. The molecular formula is C6H9NO3. The number of carbonyl (C=O) groups is 2. The van der Waals surface area contributed by atoms with E-state index < -0.39 is 23.3 Å². The number of nitrogens with one attached hydrogen (secondary N) is 1. The maximum absolute atomic E-state index is 10.7. The Kier molecular flexibility index (Phi) is 1.29. The van der Waals surface area contributed by atoms with Crippen LogP contribution in [0.3, 0.4) is 0 Å². The molecular weight excluding hydrogens is 134 g/mol. The number of carbonyl (C=O) groups excluding carboxylic acids is 2. The molecule has 4 heteroatoms. The lowest BCUT2D eigenvalue weighted by Crippen LogP contribution is -2.37. The van der Waals surface area contributed by atoms with Gasteiger partial charge in [-0.15, -0.1) is 0 Å². The molecule has 2 N–H and O–H groups in total. The van der Waals surface area contributed by atoms with Gasteiger partial charge < -0.3 is 5.11 Å². The molecule has 2 atom stereocenters. The minimum Gasteiger partial charge on any atom is -0.379 e. The lowest BCUT2D eigenvalue weighted by Gasteiger charge is -2.15. The summed E-state index contributed by atoms with van der Waals surface area (Å²) >= 11 is 0. The van der Waals surface area contributed by atoms with Crippen LogP contribution in [-0.4, -0.2) is 22.5 Å². The Balaban J connectivity index is 2.96. The summed E-state index contributed by atoms with van der Waals surface area (Å²) in [6.45, 7) is 2.85. The Hall–Kier alpha value is -0.900.